The Labute approximate surface area is 150 Å². The molecule has 0 aromatic heterocycles. The average molecular weight is 464 g/mol. The highest BCUT2D eigenvalue weighted by Gasteiger charge is 2.26. The fraction of sp³-hybridized carbons (Fsp3) is 0.200. The lowest BCUT2D eigenvalue weighted by Gasteiger charge is -2.26. The molecule has 122 valence electrons. The summed E-state index contributed by atoms with van der Waals surface area (Å²) in [6, 6.07) is 11.7. The quantitative estimate of drug-likeness (QED) is 0.646. The highest BCUT2D eigenvalue weighted by molar-refractivity contribution is 9.10. The smallest absolute Gasteiger partial charge is 0.297 e. The molecule has 1 aliphatic rings. The van der Waals surface area contributed by atoms with Crippen molar-refractivity contribution in [2.24, 2.45) is 0 Å². The molecule has 5 nitrogen and oxygen atoms in total. The SMILES string of the molecule is O=S(=O)(OC[C@H]1COc2cccc(Br)c2O1)c1ccc(Br)cc1. The monoisotopic (exact) mass is 462 g/mol. The Morgan fingerprint density at radius 3 is 2.61 bits per heavy atom. The zero-order valence-electron chi connectivity index (χ0n) is 11.7. The van der Waals surface area contributed by atoms with Crippen molar-refractivity contribution in [1.29, 1.82) is 0 Å². The second-order valence-corrected chi connectivity index (χ2v) is 8.20. The molecule has 2 aromatic rings. The Balaban J connectivity index is 1.67. The molecule has 3 rings (SSSR count). The summed E-state index contributed by atoms with van der Waals surface area (Å²) in [7, 11) is -3.83. The lowest BCUT2D eigenvalue weighted by molar-refractivity contribution is 0.0547. The maximum absolute atomic E-state index is 12.2. The molecule has 0 saturated heterocycles. The molecule has 8 heteroatoms. The van der Waals surface area contributed by atoms with Crippen LogP contribution in [0.2, 0.25) is 0 Å². The number of para-hydroxylation sites is 1. The van der Waals surface area contributed by atoms with Crippen molar-refractivity contribution in [2.45, 2.75) is 11.0 Å². The van der Waals surface area contributed by atoms with Gasteiger partial charge in [-0.05, 0) is 52.3 Å². The summed E-state index contributed by atoms with van der Waals surface area (Å²) in [6.07, 6.45) is -0.508. The lowest BCUT2D eigenvalue weighted by atomic mass is 10.3. The number of hydrogen-bond donors (Lipinski definition) is 0. The fourth-order valence-electron chi connectivity index (χ4n) is 2.02. The van der Waals surface area contributed by atoms with Gasteiger partial charge in [0.25, 0.3) is 10.1 Å². The predicted octanol–water partition coefficient (Wildman–Crippen LogP) is 3.76. The van der Waals surface area contributed by atoms with Crippen molar-refractivity contribution in [1.82, 2.24) is 0 Å². The van der Waals surface area contributed by atoms with E-state index in [2.05, 4.69) is 31.9 Å². The molecule has 1 atom stereocenters. The normalized spacial score (nSPS) is 17.0. The van der Waals surface area contributed by atoms with Gasteiger partial charge in [-0.1, -0.05) is 22.0 Å². The Morgan fingerprint density at radius 2 is 1.87 bits per heavy atom. The van der Waals surface area contributed by atoms with Gasteiger partial charge in [-0.3, -0.25) is 4.18 Å². The number of rotatable bonds is 4. The summed E-state index contributed by atoms with van der Waals surface area (Å²) >= 11 is 6.63. The van der Waals surface area contributed by atoms with Crippen LogP contribution in [0.25, 0.3) is 0 Å². The molecule has 23 heavy (non-hydrogen) atoms. The van der Waals surface area contributed by atoms with Crippen LogP contribution in [0.4, 0.5) is 0 Å². The molecular weight excluding hydrogens is 452 g/mol. The molecule has 0 unspecified atom stereocenters. The molecule has 0 bridgehead atoms. The van der Waals surface area contributed by atoms with Crippen LogP contribution in [-0.4, -0.2) is 27.7 Å². The summed E-state index contributed by atoms with van der Waals surface area (Å²) in [6.45, 7) is 0.0957. The first-order chi connectivity index (χ1) is 11.0. The molecule has 0 amide bonds. The van der Waals surface area contributed by atoms with E-state index >= 15 is 0 Å². The number of ether oxygens (including phenoxy) is 2. The zero-order chi connectivity index (χ0) is 16.4. The highest BCUT2D eigenvalue weighted by atomic mass is 79.9. The van der Waals surface area contributed by atoms with Crippen LogP contribution in [0.15, 0.2) is 56.3 Å². The molecule has 1 aliphatic heterocycles. The maximum Gasteiger partial charge on any atom is 0.297 e. The molecule has 0 saturated carbocycles. The van der Waals surface area contributed by atoms with Crippen molar-refractivity contribution in [3.05, 3.63) is 51.4 Å². The van der Waals surface area contributed by atoms with Gasteiger partial charge in [0.2, 0.25) is 0 Å². The van der Waals surface area contributed by atoms with Gasteiger partial charge >= 0.3 is 0 Å². The van der Waals surface area contributed by atoms with Crippen LogP contribution in [-0.2, 0) is 14.3 Å². The Morgan fingerprint density at radius 1 is 1.13 bits per heavy atom. The van der Waals surface area contributed by atoms with E-state index < -0.39 is 16.2 Å². The minimum atomic E-state index is -3.83. The van der Waals surface area contributed by atoms with E-state index in [9.17, 15) is 8.42 Å². The van der Waals surface area contributed by atoms with Crippen LogP contribution in [0.5, 0.6) is 11.5 Å². The van der Waals surface area contributed by atoms with Crippen molar-refractivity contribution >= 4 is 42.0 Å². The van der Waals surface area contributed by atoms with Gasteiger partial charge in [0.15, 0.2) is 17.6 Å². The Bertz CT molecular complexity index is 805. The molecule has 2 aromatic carbocycles. The van der Waals surface area contributed by atoms with Crippen LogP contribution < -0.4 is 9.47 Å². The van der Waals surface area contributed by atoms with E-state index in [-0.39, 0.29) is 18.1 Å². The van der Waals surface area contributed by atoms with E-state index in [0.717, 1.165) is 8.95 Å². The first kappa shape index (κ1) is 16.8. The second-order valence-electron chi connectivity index (χ2n) is 4.81. The Kier molecular flexibility index (Phi) is 4.96. The van der Waals surface area contributed by atoms with Crippen LogP contribution in [0.1, 0.15) is 0 Å². The van der Waals surface area contributed by atoms with E-state index in [4.69, 9.17) is 13.7 Å². The summed E-state index contributed by atoms with van der Waals surface area (Å²) in [4.78, 5) is 0.0963. The molecule has 1 heterocycles. The maximum atomic E-state index is 12.2. The van der Waals surface area contributed by atoms with Gasteiger partial charge in [-0.25, -0.2) is 0 Å². The van der Waals surface area contributed by atoms with Crippen molar-refractivity contribution in [3.8, 4) is 11.5 Å². The zero-order valence-corrected chi connectivity index (χ0v) is 15.7. The van der Waals surface area contributed by atoms with Gasteiger partial charge in [0.1, 0.15) is 13.2 Å². The van der Waals surface area contributed by atoms with Gasteiger partial charge in [0.05, 0.1) is 9.37 Å². The number of hydrogen-bond acceptors (Lipinski definition) is 5. The van der Waals surface area contributed by atoms with E-state index in [1.54, 1.807) is 18.2 Å². The van der Waals surface area contributed by atoms with E-state index in [0.29, 0.717) is 11.5 Å². The molecular formula is C15H12Br2O5S. The first-order valence-electron chi connectivity index (χ1n) is 6.69. The molecule has 0 N–H and O–H groups in total. The van der Waals surface area contributed by atoms with Gasteiger partial charge in [-0.15, -0.1) is 0 Å². The predicted molar refractivity (Wildman–Crippen MR) is 91.3 cm³/mol. The van der Waals surface area contributed by atoms with Crippen LogP contribution in [0, 0.1) is 0 Å². The van der Waals surface area contributed by atoms with E-state index in [1.165, 1.54) is 12.1 Å². The third-order valence-electron chi connectivity index (χ3n) is 3.15. The van der Waals surface area contributed by atoms with Crippen LogP contribution >= 0.6 is 31.9 Å². The average Bonchev–Trinajstić information content (AvgIpc) is 2.54. The second kappa shape index (κ2) is 6.80. The molecule has 0 aliphatic carbocycles. The Hall–Kier alpha value is -1.09. The summed E-state index contributed by atoms with van der Waals surface area (Å²) in [5.74, 6) is 1.17. The summed E-state index contributed by atoms with van der Waals surface area (Å²) in [5.41, 5.74) is 0. The van der Waals surface area contributed by atoms with Crippen molar-refractivity contribution in [3.63, 3.8) is 0 Å². The number of fused-ring (bicyclic) bond motifs is 1. The fourth-order valence-corrected chi connectivity index (χ4v) is 3.66. The summed E-state index contributed by atoms with van der Waals surface area (Å²) < 4.78 is 42.2. The topological polar surface area (TPSA) is 61.8 Å². The molecule has 0 spiro atoms. The first-order valence-corrected chi connectivity index (χ1v) is 9.68. The highest BCUT2D eigenvalue weighted by Crippen LogP contribution is 2.38. The van der Waals surface area contributed by atoms with E-state index in [1.807, 2.05) is 12.1 Å². The van der Waals surface area contributed by atoms with Gasteiger partial charge in [0, 0.05) is 4.47 Å². The van der Waals surface area contributed by atoms with Gasteiger partial charge < -0.3 is 9.47 Å². The standard InChI is InChI=1S/C15H12Br2O5S/c16-10-4-6-12(7-5-10)23(18,19)21-9-11-8-20-14-3-1-2-13(17)15(14)22-11/h1-7,11H,8-9H2/t11-/m1/s1. The third-order valence-corrected chi connectivity index (χ3v) is 5.60. The van der Waals surface area contributed by atoms with Gasteiger partial charge in [-0.2, -0.15) is 8.42 Å². The third kappa shape index (κ3) is 3.88. The minimum Gasteiger partial charge on any atom is -0.486 e. The molecule has 0 fully saturated rings. The van der Waals surface area contributed by atoms with Crippen LogP contribution in [0.3, 0.4) is 0 Å². The summed E-state index contributed by atoms with van der Waals surface area (Å²) in [5, 5.41) is 0. The molecule has 0 radical (unpaired) electrons. The van der Waals surface area contributed by atoms with Crippen molar-refractivity contribution in [2.75, 3.05) is 13.2 Å². The lowest BCUT2D eigenvalue weighted by Crippen LogP contribution is -2.34. The van der Waals surface area contributed by atoms with Crippen molar-refractivity contribution < 1.29 is 22.1 Å². The number of benzene rings is 2. The minimum absolute atomic E-state index is 0.0963. The largest absolute Gasteiger partial charge is 0.486 e. The number of halogens is 2.